The number of nitrogens with one attached hydrogen (secondary N) is 1. The lowest BCUT2D eigenvalue weighted by atomic mass is 9.89. The van der Waals surface area contributed by atoms with E-state index >= 15 is 0 Å². The molecule has 0 fully saturated rings. The molecule has 1 unspecified atom stereocenters. The van der Waals surface area contributed by atoms with Gasteiger partial charge in [-0.05, 0) is 44.6 Å². The number of benzene rings is 1. The van der Waals surface area contributed by atoms with E-state index in [1.54, 1.807) is 12.4 Å². The molecule has 1 aromatic carbocycles. The van der Waals surface area contributed by atoms with Gasteiger partial charge in [0.1, 0.15) is 5.82 Å². The van der Waals surface area contributed by atoms with Gasteiger partial charge < -0.3 is 15.8 Å². The average Bonchev–Trinajstić information content (AvgIpc) is 3.12. The second kappa shape index (κ2) is 8.76. The fraction of sp³-hybridized carbons (Fsp3) is 0.421. The van der Waals surface area contributed by atoms with Gasteiger partial charge in [-0.25, -0.2) is 9.37 Å². The highest BCUT2D eigenvalue weighted by Crippen LogP contribution is 2.29. The molecule has 0 bridgehead atoms. The maximum absolute atomic E-state index is 14.1. The summed E-state index contributed by atoms with van der Waals surface area (Å²) in [5.41, 5.74) is 4.14. The number of hydrogen-bond donors (Lipinski definition) is 3. The molecule has 0 saturated heterocycles. The molecule has 4 N–H and O–H groups in total. The van der Waals surface area contributed by atoms with Gasteiger partial charge in [-0.15, -0.1) is 0 Å². The Morgan fingerprint density at radius 1 is 1.44 bits per heavy atom. The van der Waals surface area contributed by atoms with Gasteiger partial charge in [-0.3, -0.25) is 4.79 Å². The average molecular weight is 346 g/mol. The number of carbonyl (C=O) groups excluding carboxylic acids is 1. The molecule has 0 aliphatic heterocycles. The lowest BCUT2D eigenvalue weighted by Gasteiger charge is -2.22. The maximum Gasteiger partial charge on any atom is 0.254 e. The molecule has 25 heavy (non-hydrogen) atoms. The summed E-state index contributed by atoms with van der Waals surface area (Å²) in [7, 11) is 0. The molecular formula is C19H25FN3O2. The molecular weight excluding hydrogens is 321 g/mol. The summed E-state index contributed by atoms with van der Waals surface area (Å²) < 4.78 is 14.1. The standard InChI is InChI=1S/C19H25FN3O2/c1-19(20,18(21)25)10-9-15(17-22-11-12-23-17)13-16(24)8-7-14-5-3-2-4-6-14/h2-6,8,11-12,15-16,24H,7,9-10,13H2,1H3,(H2,21,25)(H,22,23)/t15-,16+,19?/m1/s1. The monoisotopic (exact) mass is 346 g/mol. The molecule has 2 aromatic rings. The number of hydrogen-bond acceptors (Lipinski definition) is 3. The molecule has 135 valence electrons. The minimum atomic E-state index is -2.07. The first-order valence-electron chi connectivity index (χ1n) is 8.42. The van der Waals surface area contributed by atoms with E-state index in [2.05, 4.69) is 9.97 Å². The normalized spacial score (nSPS) is 16.1. The van der Waals surface area contributed by atoms with Crippen LogP contribution in [0.3, 0.4) is 0 Å². The van der Waals surface area contributed by atoms with Crippen molar-refractivity contribution >= 4 is 5.91 Å². The number of aromatic nitrogens is 2. The van der Waals surface area contributed by atoms with Crippen molar-refractivity contribution in [1.29, 1.82) is 0 Å². The van der Waals surface area contributed by atoms with E-state index < -0.39 is 17.7 Å². The van der Waals surface area contributed by atoms with E-state index in [9.17, 15) is 14.3 Å². The topological polar surface area (TPSA) is 92.0 Å². The van der Waals surface area contributed by atoms with Crippen LogP contribution in [0.1, 0.15) is 43.5 Å². The Morgan fingerprint density at radius 2 is 2.16 bits per heavy atom. The summed E-state index contributed by atoms with van der Waals surface area (Å²) in [4.78, 5) is 18.4. The van der Waals surface area contributed by atoms with Crippen molar-refractivity contribution in [3.8, 4) is 0 Å². The van der Waals surface area contributed by atoms with Crippen LogP contribution in [0.5, 0.6) is 0 Å². The maximum atomic E-state index is 14.1. The predicted molar refractivity (Wildman–Crippen MR) is 94.3 cm³/mol. The first-order chi connectivity index (χ1) is 11.9. The Labute approximate surface area is 147 Å². The predicted octanol–water partition coefficient (Wildman–Crippen LogP) is 2.68. The van der Waals surface area contributed by atoms with Gasteiger partial charge in [-0.1, -0.05) is 30.3 Å². The first kappa shape index (κ1) is 19.1. The summed E-state index contributed by atoms with van der Waals surface area (Å²) in [5, 5.41) is 10.3. The lowest BCUT2D eigenvalue weighted by molar-refractivity contribution is -0.128. The number of imidazole rings is 1. The largest absolute Gasteiger partial charge is 0.393 e. The van der Waals surface area contributed by atoms with Crippen molar-refractivity contribution in [2.75, 3.05) is 0 Å². The number of primary amides is 1. The van der Waals surface area contributed by atoms with Crippen molar-refractivity contribution in [3.63, 3.8) is 0 Å². The van der Waals surface area contributed by atoms with Crippen LogP contribution < -0.4 is 5.73 Å². The molecule has 2 rings (SSSR count). The summed E-state index contributed by atoms with van der Waals surface area (Å²) >= 11 is 0. The Hall–Kier alpha value is -2.21. The van der Waals surface area contributed by atoms with Gasteiger partial charge >= 0.3 is 0 Å². The zero-order valence-corrected chi connectivity index (χ0v) is 14.4. The number of amides is 1. The molecule has 1 heterocycles. The van der Waals surface area contributed by atoms with Crippen LogP contribution in [0.15, 0.2) is 42.7 Å². The van der Waals surface area contributed by atoms with Gasteiger partial charge in [0.25, 0.3) is 5.91 Å². The fourth-order valence-corrected chi connectivity index (χ4v) is 2.71. The summed E-state index contributed by atoms with van der Waals surface area (Å²) in [6, 6.07) is 9.84. The smallest absolute Gasteiger partial charge is 0.254 e. The van der Waals surface area contributed by atoms with Gasteiger partial charge in [0.2, 0.25) is 0 Å². The minimum absolute atomic E-state index is 0.0148. The van der Waals surface area contributed by atoms with Crippen molar-refractivity contribution in [2.24, 2.45) is 5.73 Å². The molecule has 1 amide bonds. The number of alkyl halides is 1. The van der Waals surface area contributed by atoms with Crippen molar-refractivity contribution in [2.45, 2.75) is 50.3 Å². The molecule has 0 aliphatic rings. The number of nitrogens with zero attached hydrogens (tertiary/aromatic N) is 1. The number of rotatable bonds is 10. The van der Waals surface area contributed by atoms with Crippen LogP contribution >= 0.6 is 0 Å². The van der Waals surface area contributed by atoms with E-state index in [1.165, 1.54) is 6.92 Å². The second-order valence-corrected chi connectivity index (χ2v) is 6.50. The van der Waals surface area contributed by atoms with Crippen LogP contribution in [0.4, 0.5) is 4.39 Å². The number of aliphatic hydroxyl groups is 1. The zero-order chi connectivity index (χ0) is 18.3. The van der Waals surface area contributed by atoms with Gasteiger partial charge in [0.15, 0.2) is 5.67 Å². The number of halogens is 1. The quantitative estimate of drug-likeness (QED) is 0.617. The molecule has 3 atom stereocenters. The molecule has 5 nitrogen and oxygen atoms in total. The highest BCUT2D eigenvalue weighted by molar-refractivity contribution is 5.82. The second-order valence-electron chi connectivity index (χ2n) is 6.50. The summed E-state index contributed by atoms with van der Waals surface area (Å²) in [6.45, 7) is 1.19. The molecule has 1 radical (unpaired) electrons. The van der Waals surface area contributed by atoms with Gasteiger partial charge in [0.05, 0.1) is 6.10 Å². The SMILES string of the molecule is CC(F)(CC[C@H](C[C@@H](O)[CH]Cc1ccccc1)c1ncc[nH]1)C(N)=O. The molecule has 0 saturated carbocycles. The van der Waals surface area contributed by atoms with Crippen molar-refractivity contribution < 1.29 is 14.3 Å². The van der Waals surface area contributed by atoms with Crippen LogP contribution in [-0.4, -0.2) is 32.8 Å². The van der Waals surface area contributed by atoms with Crippen molar-refractivity contribution in [3.05, 3.63) is 60.5 Å². The highest BCUT2D eigenvalue weighted by atomic mass is 19.1. The highest BCUT2D eigenvalue weighted by Gasteiger charge is 2.32. The van der Waals surface area contributed by atoms with Crippen molar-refractivity contribution in [1.82, 2.24) is 9.97 Å². The van der Waals surface area contributed by atoms with Crippen LogP contribution in [0, 0.1) is 6.42 Å². The Balaban J connectivity index is 1.93. The van der Waals surface area contributed by atoms with E-state index in [1.807, 2.05) is 36.8 Å². The Bertz CT molecular complexity index is 644. The van der Waals surface area contributed by atoms with Crippen LogP contribution in [0.25, 0.3) is 0 Å². The zero-order valence-electron chi connectivity index (χ0n) is 14.4. The van der Waals surface area contributed by atoms with E-state index in [0.717, 1.165) is 5.56 Å². The fourth-order valence-electron chi connectivity index (χ4n) is 2.71. The number of aliphatic hydroxyl groups excluding tert-OH is 1. The molecule has 0 spiro atoms. The number of H-pyrrole nitrogens is 1. The van der Waals surface area contributed by atoms with Crippen LogP contribution in [0.2, 0.25) is 0 Å². The number of aromatic amines is 1. The van der Waals surface area contributed by atoms with E-state index in [-0.39, 0.29) is 12.3 Å². The van der Waals surface area contributed by atoms with Gasteiger partial charge in [-0.2, -0.15) is 0 Å². The number of nitrogens with two attached hydrogens (primary N) is 1. The minimum Gasteiger partial charge on any atom is -0.393 e. The van der Waals surface area contributed by atoms with Crippen LogP contribution in [-0.2, 0) is 11.2 Å². The Morgan fingerprint density at radius 3 is 2.76 bits per heavy atom. The summed E-state index contributed by atoms with van der Waals surface area (Å²) in [6.07, 6.45) is 5.86. The Kier molecular flexibility index (Phi) is 6.70. The summed E-state index contributed by atoms with van der Waals surface area (Å²) in [5.74, 6) is -0.485. The third kappa shape index (κ3) is 5.98. The molecule has 0 aliphatic carbocycles. The first-order valence-corrected chi connectivity index (χ1v) is 8.42. The number of carbonyl (C=O) groups is 1. The molecule has 1 aromatic heterocycles. The third-order valence-corrected chi connectivity index (χ3v) is 4.38. The van der Waals surface area contributed by atoms with Gasteiger partial charge in [0, 0.05) is 18.3 Å². The van der Waals surface area contributed by atoms with E-state index in [4.69, 9.17) is 5.73 Å². The molecule has 6 heteroatoms. The lowest BCUT2D eigenvalue weighted by Crippen LogP contribution is -2.37. The van der Waals surface area contributed by atoms with E-state index in [0.29, 0.717) is 25.1 Å². The third-order valence-electron chi connectivity index (χ3n) is 4.38.